The van der Waals surface area contributed by atoms with E-state index in [1.165, 1.54) is 44.5 Å². The van der Waals surface area contributed by atoms with Crippen LogP contribution < -0.4 is 19.3 Å². The number of rotatable bonds is 10. The first kappa shape index (κ1) is 37.5. The molecule has 0 heterocycles. The van der Waals surface area contributed by atoms with Crippen LogP contribution in [-0.4, -0.2) is 13.2 Å². The van der Waals surface area contributed by atoms with Crippen LogP contribution in [0.2, 0.25) is 0 Å². The fraction of sp³-hybridized carbons (Fsp3) is 0.179. The van der Waals surface area contributed by atoms with Gasteiger partial charge in [0.15, 0.2) is 0 Å². The molecule has 10 rings (SSSR count). The number of para-hydroxylation sites is 4. The highest BCUT2D eigenvalue weighted by molar-refractivity contribution is 6.08. The highest BCUT2D eigenvalue weighted by atomic mass is 16.5. The van der Waals surface area contributed by atoms with Crippen LogP contribution in [0.4, 0.5) is 34.1 Å². The van der Waals surface area contributed by atoms with Crippen molar-refractivity contribution >= 4 is 44.9 Å². The van der Waals surface area contributed by atoms with Gasteiger partial charge in [-0.25, -0.2) is 0 Å². The van der Waals surface area contributed by atoms with Gasteiger partial charge in [-0.3, -0.25) is 0 Å². The molecule has 0 radical (unpaired) electrons. The van der Waals surface area contributed by atoms with Crippen LogP contribution in [0.1, 0.15) is 63.8 Å². The quantitative estimate of drug-likeness (QED) is 0.138. The minimum Gasteiger partial charge on any atom is -0.493 e. The molecule has 0 spiro atoms. The van der Waals surface area contributed by atoms with E-state index in [1.54, 1.807) is 0 Å². The smallest absolute Gasteiger partial charge is 0.135 e. The van der Waals surface area contributed by atoms with Crippen LogP contribution in [0.25, 0.3) is 33.0 Å². The van der Waals surface area contributed by atoms with Gasteiger partial charge in [0.2, 0.25) is 0 Å². The molecule has 0 atom stereocenters. The second kappa shape index (κ2) is 14.5. The van der Waals surface area contributed by atoms with Gasteiger partial charge in [-0.05, 0) is 132 Å². The average molecular weight is 783 g/mol. The van der Waals surface area contributed by atoms with E-state index in [0.29, 0.717) is 13.2 Å². The first-order chi connectivity index (χ1) is 29.2. The van der Waals surface area contributed by atoms with Crippen molar-refractivity contribution in [2.75, 3.05) is 23.0 Å². The van der Waals surface area contributed by atoms with Crippen molar-refractivity contribution in [1.29, 1.82) is 0 Å². The third-order valence-electron chi connectivity index (χ3n) is 12.7. The topological polar surface area (TPSA) is 24.9 Å². The van der Waals surface area contributed by atoms with Crippen molar-refractivity contribution in [2.24, 2.45) is 0 Å². The molecule has 296 valence electrons. The van der Waals surface area contributed by atoms with E-state index >= 15 is 0 Å². The molecule has 4 heteroatoms. The molecular weight excluding hydrogens is 733 g/mol. The van der Waals surface area contributed by atoms with Gasteiger partial charge in [0.1, 0.15) is 11.5 Å². The summed E-state index contributed by atoms with van der Waals surface area (Å²) < 4.78 is 13.7. The third-order valence-corrected chi connectivity index (χ3v) is 12.7. The monoisotopic (exact) mass is 782 g/mol. The molecule has 2 aliphatic rings. The lowest BCUT2D eigenvalue weighted by Crippen LogP contribution is -2.17. The Balaban J connectivity index is 1.16. The number of fused-ring (bicyclic) bond motifs is 7. The Labute approximate surface area is 354 Å². The second-order valence-corrected chi connectivity index (χ2v) is 16.9. The van der Waals surface area contributed by atoms with E-state index in [0.717, 1.165) is 56.4 Å². The molecule has 8 aromatic rings. The number of benzene rings is 8. The minimum absolute atomic E-state index is 0.313. The number of ether oxygens (including phenoxy) is 2. The molecule has 0 unspecified atom stereocenters. The van der Waals surface area contributed by atoms with E-state index in [1.807, 2.05) is 0 Å². The normalized spacial score (nSPS) is 13.9. The number of anilines is 6. The molecule has 0 saturated heterocycles. The Hall–Kier alpha value is -6.78. The Morgan fingerprint density at radius 2 is 0.683 bits per heavy atom. The summed E-state index contributed by atoms with van der Waals surface area (Å²) in [5, 5.41) is 2.19. The maximum absolute atomic E-state index is 6.84. The van der Waals surface area contributed by atoms with Gasteiger partial charge >= 0.3 is 0 Å². The summed E-state index contributed by atoms with van der Waals surface area (Å²) in [5.74, 6) is 1.87. The molecule has 2 aliphatic carbocycles. The van der Waals surface area contributed by atoms with Gasteiger partial charge in [0, 0.05) is 66.9 Å². The van der Waals surface area contributed by atoms with Crippen LogP contribution in [0.5, 0.6) is 11.5 Å². The lowest BCUT2D eigenvalue weighted by Gasteiger charge is -2.28. The first-order valence-corrected chi connectivity index (χ1v) is 21.3. The SMILES string of the molecule is CCOc1c2c(cc3c(OCC)c4c(cc13)C(C)(C)c1cc(N(c3ccccc3)c3ccccc3)ccc1-4)C(C)(C)c1cc(N(c3ccccc3)c3ccccc3)ccc1-2. The summed E-state index contributed by atoms with van der Waals surface area (Å²) in [7, 11) is 0. The highest BCUT2D eigenvalue weighted by Crippen LogP contribution is 2.61. The summed E-state index contributed by atoms with van der Waals surface area (Å²) in [4.78, 5) is 4.70. The van der Waals surface area contributed by atoms with Gasteiger partial charge in [0.05, 0.1) is 13.2 Å². The Morgan fingerprint density at radius 3 is 0.983 bits per heavy atom. The summed E-state index contributed by atoms with van der Waals surface area (Å²) >= 11 is 0. The lowest BCUT2D eigenvalue weighted by atomic mass is 9.79. The van der Waals surface area contributed by atoms with Crippen LogP contribution in [0, 0.1) is 0 Å². The second-order valence-electron chi connectivity index (χ2n) is 16.9. The molecule has 0 bridgehead atoms. The summed E-state index contributed by atoms with van der Waals surface area (Å²) in [6, 6.07) is 61.3. The predicted molar refractivity (Wildman–Crippen MR) is 251 cm³/mol. The zero-order valence-corrected chi connectivity index (χ0v) is 35.3. The third kappa shape index (κ3) is 5.80. The molecule has 0 aliphatic heterocycles. The first-order valence-electron chi connectivity index (χ1n) is 21.3. The van der Waals surface area contributed by atoms with Crippen LogP contribution >= 0.6 is 0 Å². The molecular formula is C56H50N2O2. The maximum atomic E-state index is 6.84. The molecule has 8 aromatic carbocycles. The number of hydrogen-bond acceptors (Lipinski definition) is 4. The Morgan fingerprint density at radius 1 is 0.367 bits per heavy atom. The minimum atomic E-state index is -0.313. The van der Waals surface area contributed by atoms with Crippen molar-refractivity contribution < 1.29 is 9.47 Å². The molecule has 0 saturated carbocycles. The fourth-order valence-corrected chi connectivity index (χ4v) is 9.89. The van der Waals surface area contributed by atoms with Crippen molar-refractivity contribution in [1.82, 2.24) is 0 Å². The molecule has 0 amide bonds. The zero-order valence-electron chi connectivity index (χ0n) is 35.3. The molecule has 4 nitrogen and oxygen atoms in total. The van der Waals surface area contributed by atoms with Crippen molar-refractivity contribution in [2.45, 2.75) is 52.4 Å². The molecule has 0 N–H and O–H groups in total. The number of hydrogen-bond donors (Lipinski definition) is 0. The standard InChI is InChI=1S/C56H50N2O2/c1-7-59-53-45-35-50-52(44-32-30-42(34-48(44)56(50,5)6)58(39-25-17-11-18-26-39)40-27-19-12-20-28-40)54(60-8-2)46(45)36-49-51(53)43-31-29-41(33-47(43)55(49,3)4)57(37-21-13-9-14-22-37)38-23-15-10-16-24-38/h9-36H,7-8H2,1-6H3. The van der Waals surface area contributed by atoms with Gasteiger partial charge in [-0.1, -0.05) is 113 Å². The molecule has 0 aromatic heterocycles. The van der Waals surface area contributed by atoms with E-state index in [-0.39, 0.29) is 10.8 Å². The maximum Gasteiger partial charge on any atom is 0.135 e. The predicted octanol–water partition coefficient (Wildman–Crippen LogP) is 15.2. The fourth-order valence-electron chi connectivity index (χ4n) is 9.89. The van der Waals surface area contributed by atoms with Crippen molar-refractivity contribution in [3.63, 3.8) is 0 Å². The summed E-state index contributed by atoms with van der Waals surface area (Å²) in [6.45, 7) is 14.7. The van der Waals surface area contributed by atoms with Crippen molar-refractivity contribution in [3.8, 4) is 33.8 Å². The van der Waals surface area contributed by atoms with Crippen LogP contribution in [0.15, 0.2) is 170 Å². The van der Waals surface area contributed by atoms with E-state index < -0.39 is 0 Å². The van der Waals surface area contributed by atoms with Crippen LogP contribution in [-0.2, 0) is 10.8 Å². The Bertz CT molecular complexity index is 2610. The zero-order chi connectivity index (χ0) is 41.2. The average Bonchev–Trinajstić information content (AvgIpc) is 3.64. The lowest BCUT2D eigenvalue weighted by molar-refractivity contribution is 0.341. The van der Waals surface area contributed by atoms with Gasteiger partial charge in [-0.15, -0.1) is 0 Å². The van der Waals surface area contributed by atoms with E-state index in [4.69, 9.17) is 9.47 Å². The Kier molecular flexibility index (Phi) is 9.06. The van der Waals surface area contributed by atoms with E-state index in [9.17, 15) is 0 Å². The molecule has 0 fully saturated rings. The molecule has 60 heavy (non-hydrogen) atoms. The van der Waals surface area contributed by atoms with E-state index in [2.05, 4.69) is 221 Å². The van der Waals surface area contributed by atoms with Crippen molar-refractivity contribution in [3.05, 3.63) is 192 Å². The van der Waals surface area contributed by atoms with Gasteiger partial charge in [-0.2, -0.15) is 0 Å². The largest absolute Gasteiger partial charge is 0.493 e. The number of nitrogens with zero attached hydrogens (tertiary/aromatic N) is 2. The van der Waals surface area contributed by atoms with Crippen LogP contribution in [0.3, 0.4) is 0 Å². The van der Waals surface area contributed by atoms with Gasteiger partial charge < -0.3 is 19.3 Å². The summed E-state index contributed by atoms with van der Waals surface area (Å²) in [5.41, 5.74) is 16.0. The van der Waals surface area contributed by atoms with Gasteiger partial charge in [0.25, 0.3) is 0 Å². The summed E-state index contributed by atoms with van der Waals surface area (Å²) in [6.07, 6.45) is 0. The highest BCUT2D eigenvalue weighted by Gasteiger charge is 2.43.